The fourth-order valence-electron chi connectivity index (χ4n) is 3.04. The Bertz CT molecular complexity index is 607. The Balaban J connectivity index is 0.00000225. The van der Waals surface area contributed by atoms with Crippen LogP contribution in [0.1, 0.15) is 35.6 Å². The van der Waals surface area contributed by atoms with Crippen molar-refractivity contribution in [3.8, 4) is 0 Å². The van der Waals surface area contributed by atoms with E-state index in [0.717, 1.165) is 25.6 Å². The molecule has 138 valence electrons. The molecular weight excluding hydrogens is 463 g/mol. The first-order valence-electron chi connectivity index (χ1n) is 8.69. The lowest BCUT2D eigenvalue weighted by Gasteiger charge is -2.27. The highest BCUT2D eigenvalue weighted by Gasteiger charge is 2.24. The van der Waals surface area contributed by atoms with Crippen LogP contribution in [-0.2, 0) is 6.54 Å². The molecule has 0 radical (unpaired) electrons. The quantitative estimate of drug-likeness (QED) is 0.345. The number of guanidine groups is 1. The van der Waals surface area contributed by atoms with Crippen LogP contribution < -0.4 is 10.6 Å². The molecule has 4 nitrogen and oxygen atoms in total. The molecule has 3 heterocycles. The van der Waals surface area contributed by atoms with E-state index in [9.17, 15) is 0 Å². The van der Waals surface area contributed by atoms with E-state index in [4.69, 9.17) is 4.99 Å². The van der Waals surface area contributed by atoms with Crippen molar-refractivity contribution in [3.63, 3.8) is 0 Å². The van der Waals surface area contributed by atoms with Gasteiger partial charge in [0, 0.05) is 22.8 Å². The number of halogens is 1. The fraction of sp³-hybridized carbons (Fsp3) is 0.500. The van der Waals surface area contributed by atoms with Crippen LogP contribution in [-0.4, -0.2) is 37.0 Å². The topological polar surface area (TPSA) is 39.7 Å². The van der Waals surface area contributed by atoms with Gasteiger partial charge in [-0.1, -0.05) is 12.1 Å². The second-order valence-corrected chi connectivity index (χ2v) is 7.94. The van der Waals surface area contributed by atoms with Gasteiger partial charge in [0.25, 0.3) is 0 Å². The lowest BCUT2D eigenvalue weighted by atomic mass is 10.2. The third-order valence-electron chi connectivity index (χ3n) is 4.23. The molecule has 2 aromatic heterocycles. The number of likely N-dealkylation sites (tertiary alicyclic amines) is 1. The van der Waals surface area contributed by atoms with Crippen LogP contribution in [0.25, 0.3) is 0 Å². The van der Waals surface area contributed by atoms with Gasteiger partial charge in [0.1, 0.15) is 0 Å². The van der Waals surface area contributed by atoms with Crippen molar-refractivity contribution < 1.29 is 0 Å². The molecule has 0 aromatic carbocycles. The van der Waals surface area contributed by atoms with Crippen molar-refractivity contribution in [1.29, 1.82) is 0 Å². The SMILES string of the molecule is CCNC(=NCc1cccs1)NCC(c1cccs1)N1CCCC1.I. The summed E-state index contributed by atoms with van der Waals surface area (Å²) in [6.45, 7) is 7.03. The molecule has 1 unspecified atom stereocenters. The second kappa shape index (κ2) is 11.2. The minimum absolute atomic E-state index is 0. The van der Waals surface area contributed by atoms with Crippen molar-refractivity contribution in [2.75, 3.05) is 26.2 Å². The summed E-state index contributed by atoms with van der Waals surface area (Å²) in [7, 11) is 0. The van der Waals surface area contributed by atoms with E-state index in [1.54, 1.807) is 11.3 Å². The minimum atomic E-state index is 0. The average Bonchev–Trinajstić information content (AvgIpc) is 3.35. The molecule has 25 heavy (non-hydrogen) atoms. The van der Waals surface area contributed by atoms with Gasteiger partial charge in [-0.05, 0) is 55.7 Å². The monoisotopic (exact) mass is 490 g/mol. The zero-order valence-electron chi connectivity index (χ0n) is 14.6. The van der Waals surface area contributed by atoms with Crippen LogP contribution in [0.4, 0.5) is 0 Å². The van der Waals surface area contributed by atoms with Crippen molar-refractivity contribution >= 4 is 52.6 Å². The zero-order chi connectivity index (χ0) is 16.6. The molecular formula is C18H27IN4S2. The van der Waals surface area contributed by atoms with Crippen LogP contribution in [0, 0.1) is 0 Å². The van der Waals surface area contributed by atoms with E-state index in [1.807, 2.05) is 11.3 Å². The third kappa shape index (κ3) is 6.23. The molecule has 2 N–H and O–H groups in total. The minimum Gasteiger partial charge on any atom is -0.357 e. The molecule has 1 fully saturated rings. The summed E-state index contributed by atoms with van der Waals surface area (Å²) < 4.78 is 0. The smallest absolute Gasteiger partial charge is 0.191 e. The van der Waals surface area contributed by atoms with Gasteiger partial charge in [0.05, 0.1) is 12.6 Å². The lowest BCUT2D eigenvalue weighted by Crippen LogP contribution is -2.42. The molecule has 0 amide bonds. The number of hydrogen-bond donors (Lipinski definition) is 2. The highest BCUT2D eigenvalue weighted by Crippen LogP contribution is 2.27. The highest BCUT2D eigenvalue weighted by molar-refractivity contribution is 14.0. The summed E-state index contributed by atoms with van der Waals surface area (Å²) in [5, 5.41) is 11.2. The van der Waals surface area contributed by atoms with E-state index in [2.05, 4.69) is 57.5 Å². The fourth-order valence-corrected chi connectivity index (χ4v) is 4.53. The van der Waals surface area contributed by atoms with Crippen LogP contribution in [0.15, 0.2) is 40.0 Å². The largest absolute Gasteiger partial charge is 0.357 e. The number of nitrogens with zero attached hydrogens (tertiary/aromatic N) is 2. The Morgan fingerprint density at radius 2 is 1.92 bits per heavy atom. The summed E-state index contributed by atoms with van der Waals surface area (Å²) in [6, 6.07) is 9.06. The Kier molecular flexibility index (Phi) is 9.22. The van der Waals surface area contributed by atoms with E-state index in [-0.39, 0.29) is 24.0 Å². The summed E-state index contributed by atoms with van der Waals surface area (Å²) in [6.07, 6.45) is 2.63. The average molecular weight is 490 g/mol. The first kappa shape index (κ1) is 20.7. The first-order valence-corrected chi connectivity index (χ1v) is 10.4. The summed E-state index contributed by atoms with van der Waals surface area (Å²) in [5.41, 5.74) is 0. The summed E-state index contributed by atoms with van der Waals surface area (Å²) >= 11 is 3.61. The van der Waals surface area contributed by atoms with Gasteiger partial charge < -0.3 is 10.6 Å². The van der Waals surface area contributed by atoms with Crippen LogP contribution in [0.2, 0.25) is 0 Å². The molecule has 1 aliphatic rings. The summed E-state index contributed by atoms with van der Waals surface area (Å²) in [4.78, 5) is 10.1. The Hall–Kier alpha value is -0.640. The third-order valence-corrected chi connectivity index (χ3v) is 6.07. The predicted molar refractivity (Wildman–Crippen MR) is 120 cm³/mol. The zero-order valence-corrected chi connectivity index (χ0v) is 18.6. The van der Waals surface area contributed by atoms with E-state index < -0.39 is 0 Å². The van der Waals surface area contributed by atoms with E-state index >= 15 is 0 Å². The van der Waals surface area contributed by atoms with Crippen LogP contribution >= 0.6 is 46.7 Å². The molecule has 0 bridgehead atoms. The number of rotatable bonds is 7. The normalized spacial score (nSPS) is 16.4. The molecule has 7 heteroatoms. The van der Waals surface area contributed by atoms with Crippen molar-refractivity contribution in [2.45, 2.75) is 32.4 Å². The van der Waals surface area contributed by atoms with Gasteiger partial charge >= 0.3 is 0 Å². The molecule has 0 aliphatic carbocycles. The number of thiophene rings is 2. The van der Waals surface area contributed by atoms with Gasteiger partial charge in [-0.2, -0.15) is 0 Å². The maximum Gasteiger partial charge on any atom is 0.191 e. The van der Waals surface area contributed by atoms with Crippen LogP contribution in [0.5, 0.6) is 0 Å². The van der Waals surface area contributed by atoms with E-state index in [1.165, 1.54) is 35.7 Å². The Morgan fingerprint density at radius 1 is 1.16 bits per heavy atom. The summed E-state index contributed by atoms with van der Waals surface area (Å²) in [5.74, 6) is 0.909. The molecule has 1 atom stereocenters. The van der Waals surface area contributed by atoms with E-state index in [0.29, 0.717) is 6.04 Å². The van der Waals surface area contributed by atoms with Gasteiger partial charge in [-0.25, -0.2) is 4.99 Å². The van der Waals surface area contributed by atoms with Crippen LogP contribution in [0.3, 0.4) is 0 Å². The Morgan fingerprint density at radius 3 is 2.56 bits per heavy atom. The molecule has 3 rings (SSSR count). The molecule has 0 saturated carbocycles. The molecule has 2 aromatic rings. The molecule has 1 saturated heterocycles. The standard InChI is InChI=1S/C18H26N4S2.HI/c1-2-19-18(20-13-15-7-5-11-23-15)21-14-16(17-8-6-12-24-17)22-9-3-4-10-22;/h5-8,11-12,16H,2-4,9-10,13-14H2,1H3,(H2,19,20,21);1H. The first-order chi connectivity index (χ1) is 11.9. The number of hydrogen-bond acceptors (Lipinski definition) is 4. The number of nitrogens with one attached hydrogen (secondary N) is 2. The van der Waals surface area contributed by atoms with Gasteiger partial charge in [0.2, 0.25) is 0 Å². The lowest BCUT2D eigenvalue weighted by molar-refractivity contribution is 0.249. The maximum absolute atomic E-state index is 4.73. The molecule has 0 spiro atoms. The second-order valence-electron chi connectivity index (χ2n) is 5.93. The molecule has 1 aliphatic heterocycles. The van der Waals surface area contributed by atoms with Gasteiger partial charge in [-0.15, -0.1) is 46.7 Å². The highest BCUT2D eigenvalue weighted by atomic mass is 127. The van der Waals surface area contributed by atoms with Crippen molar-refractivity contribution in [2.24, 2.45) is 4.99 Å². The van der Waals surface area contributed by atoms with Crippen molar-refractivity contribution in [1.82, 2.24) is 15.5 Å². The Labute approximate surface area is 175 Å². The predicted octanol–water partition coefficient (Wildman–Crippen LogP) is 4.32. The van der Waals surface area contributed by atoms with Gasteiger partial charge in [0.15, 0.2) is 5.96 Å². The number of aliphatic imine (C=N–C) groups is 1. The van der Waals surface area contributed by atoms with Gasteiger partial charge in [-0.3, -0.25) is 4.90 Å². The maximum atomic E-state index is 4.73. The van der Waals surface area contributed by atoms with Crippen molar-refractivity contribution in [3.05, 3.63) is 44.8 Å².